The van der Waals surface area contributed by atoms with Gasteiger partial charge in [-0.25, -0.2) is 0 Å². The molecule has 0 bridgehead atoms. The lowest BCUT2D eigenvalue weighted by molar-refractivity contribution is -0.130. The third-order valence-corrected chi connectivity index (χ3v) is 3.93. The van der Waals surface area contributed by atoms with E-state index in [2.05, 4.69) is 9.88 Å². The zero-order valence-electron chi connectivity index (χ0n) is 12.7. The predicted octanol–water partition coefficient (Wildman–Crippen LogP) is 1.24. The fourth-order valence-electron chi connectivity index (χ4n) is 2.89. The number of pyridine rings is 1. The predicted molar refractivity (Wildman–Crippen MR) is 84.2 cm³/mol. The highest BCUT2D eigenvalue weighted by Gasteiger charge is 2.27. The van der Waals surface area contributed by atoms with Crippen LogP contribution in [0.1, 0.15) is 5.56 Å². The molecule has 116 valence electrons. The number of para-hydroxylation sites is 1. The van der Waals surface area contributed by atoms with Crippen molar-refractivity contribution in [1.29, 1.82) is 0 Å². The number of hydrogen-bond acceptors (Lipinski definition) is 5. The SMILES string of the molecule is COc1cccc2c(N3CCOC(C(N)=O)C3)c(C)cnc12. The number of hydrogen-bond donors (Lipinski definition) is 1. The number of fused-ring (bicyclic) bond motifs is 1. The summed E-state index contributed by atoms with van der Waals surface area (Å²) < 4.78 is 10.8. The van der Waals surface area contributed by atoms with Crippen LogP contribution in [0.3, 0.4) is 0 Å². The van der Waals surface area contributed by atoms with E-state index in [4.69, 9.17) is 15.2 Å². The monoisotopic (exact) mass is 301 g/mol. The Morgan fingerprint density at radius 2 is 2.32 bits per heavy atom. The lowest BCUT2D eigenvalue weighted by Gasteiger charge is -2.34. The Morgan fingerprint density at radius 3 is 3.05 bits per heavy atom. The highest BCUT2D eigenvalue weighted by molar-refractivity contribution is 5.96. The summed E-state index contributed by atoms with van der Waals surface area (Å²) in [6, 6.07) is 5.85. The van der Waals surface area contributed by atoms with Crippen molar-refractivity contribution < 1.29 is 14.3 Å². The van der Waals surface area contributed by atoms with Gasteiger partial charge in [0.25, 0.3) is 0 Å². The van der Waals surface area contributed by atoms with Gasteiger partial charge in [0.2, 0.25) is 5.91 Å². The molecule has 22 heavy (non-hydrogen) atoms. The van der Waals surface area contributed by atoms with E-state index in [0.717, 1.165) is 27.9 Å². The van der Waals surface area contributed by atoms with Crippen LogP contribution in [0.25, 0.3) is 10.9 Å². The first-order valence-electron chi connectivity index (χ1n) is 7.20. The quantitative estimate of drug-likeness (QED) is 0.923. The minimum atomic E-state index is -0.582. The standard InChI is InChI=1S/C16H19N3O3/c1-10-8-18-14-11(4-3-5-12(14)21-2)15(10)19-6-7-22-13(9-19)16(17)20/h3-5,8,13H,6-7,9H2,1-2H3,(H2,17,20). The van der Waals surface area contributed by atoms with Gasteiger partial charge in [0.1, 0.15) is 11.3 Å². The number of aryl methyl sites for hydroxylation is 1. The molecule has 1 atom stereocenters. The number of anilines is 1. The molecule has 3 rings (SSSR count). The van der Waals surface area contributed by atoms with E-state index in [1.165, 1.54) is 0 Å². The lowest BCUT2D eigenvalue weighted by Crippen LogP contribution is -2.48. The highest BCUT2D eigenvalue weighted by Crippen LogP contribution is 2.34. The number of amides is 1. The van der Waals surface area contributed by atoms with Crippen molar-refractivity contribution >= 4 is 22.5 Å². The number of primary amides is 1. The van der Waals surface area contributed by atoms with Crippen LogP contribution in [-0.2, 0) is 9.53 Å². The summed E-state index contributed by atoms with van der Waals surface area (Å²) in [4.78, 5) is 18.0. The van der Waals surface area contributed by atoms with E-state index in [9.17, 15) is 4.79 Å². The van der Waals surface area contributed by atoms with Crippen LogP contribution in [0.2, 0.25) is 0 Å². The summed E-state index contributed by atoms with van der Waals surface area (Å²) in [5.74, 6) is 0.303. The van der Waals surface area contributed by atoms with Crippen LogP contribution < -0.4 is 15.4 Å². The first kappa shape index (κ1) is 14.6. The first-order valence-corrected chi connectivity index (χ1v) is 7.20. The van der Waals surface area contributed by atoms with E-state index in [-0.39, 0.29) is 0 Å². The molecule has 2 N–H and O–H groups in total. The molecule has 1 aliphatic rings. The van der Waals surface area contributed by atoms with E-state index >= 15 is 0 Å². The maximum absolute atomic E-state index is 11.4. The maximum atomic E-state index is 11.4. The fraction of sp³-hybridized carbons (Fsp3) is 0.375. The van der Waals surface area contributed by atoms with Gasteiger partial charge in [0.05, 0.1) is 25.9 Å². The molecule has 1 aromatic heterocycles. The van der Waals surface area contributed by atoms with Gasteiger partial charge < -0.3 is 20.1 Å². The van der Waals surface area contributed by atoms with Gasteiger partial charge in [-0.05, 0) is 18.6 Å². The molecular formula is C16H19N3O3. The minimum absolute atomic E-state index is 0.432. The molecule has 1 saturated heterocycles. The number of carbonyl (C=O) groups excluding carboxylic acids is 1. The third-order valence-electron chi connectivity index (χ3n) is 3.93. The molecule has 6 heteroatoms. The van der Waals surface area contributed by atoms with Crippen molar-refractivity contribution in [3.63, 3.8) is 0 Å². The summed E-state index contributed by atoms with van der Waals surface area (Å²) >= 11 is 0. The van der Waals surface area contributed by atoms with Crippen LogP contribution in [0.5, 0.6) is 5.75 Å². The normalized spacial score (nSPS) is 18.5. The zero-order valence-corrected chi connectivity index (χ0v) is 12.7. The van der Waals surface area contributed by atoms with Crippen molar-refractivity contribution in [3.8, 4) is 5.75 Å². The van der Waals surface area contributed by atoms with Gasteiger partial charge in [-0.15, -0.1) is 0 Å². The highest BCUT2D eigenvalue weighted by atomic mass is 16.5. The average Bonchev–Trinajstić information content (AvgIpc) is 2.54. The molecule has 1 fully saturated rings. The summed E-state index contributed by atoms with van der Waals surface area (Å²) in [5.41, 5.74) is 8.29. The van der Waals surface area contributed by atoms with Crippen molar-refractivity contribution in [2.45, 2.75) is 13.0 Å². The van der Waals surface area contributed by atoms with Crippen LogP contribution in [0, 0.1) is 6.92 Å². The number of morpholine rings is 1. The number of carbonyl (C=O) groups is 1. The lowest BCUT2D eigenvalue weighted by atomic mass is 10.1. The Hall–Kier alpha value is -2.34. The Morgan fingerprint density at radius 1 is 1.50 bits per heavy atom. The van der Waals surface area contributed by atoms with Gasteiger partial charge >= 0.3 is 0 Å². The van der Waals surface area contributed by atoms with Crippen LogP contribution in [-0.4, -0.2) is 43.8 Å². The fourth-order valence-corrected chi connectivity index (χ4v) is 2.89. The van der Waals surface area contributed by atoms with Gasteiger partial charge in [0.15, 0.2) is 6.10 Å². The van der Waals surface area contributed by atoms with Gasteiger partial charge in [-0.2, -0.15) is 0 Å². The molecule has 1 unspecified atom stereocenters. The van der Waals surface area contributed by atoms with Crippen LogP contribution >= 0.6 is 0 Å². The number of methoxy groups -OCH3 is 1. The third kappa shape index (κ3) is 2.46. The maximum Gasteiger partial charge on any atom is 0.248 e. The number of aromatic nitrogens is 1. The smallest absolute Gasteiger partial charge is 0.248 e. The van der Waals surface area contributed by atoms with Crippen LogP contribution in [0.15, 0.2) is 24.4 Å². The zero-order chi connectivity index (χ0) is 15.7. The second kappa shape index (κ2) is 5.81. The number of ether oxygens (including phenoxy) is 2. The molecule has 1 amide bonds. The van der Waals surface area contributed by atoms with Crippen molar-refractivity contribution in [1.82, 2.24) is 4.98 Å². The van der Waals surface area contributed by atoms with E-state index in [1.54, 1.807) is 7.11 Å². The largest absolute Gasteiger partial charge is 0.494 e. The van der Waals surface area contributed by atoms with Gasteiger partial charge in [0, 0.05) is 18.1 Å². The Bertz CT molecular complexity index is 717. The molecule has 0 spiro atoms. The summed E-state index contributed by atoms with van der Waals surface area (Å²) in [5, 5.41) is 1.00. The second-order valence-corrected chi connectivity index (χ2v) is 5.35. The number of rotatable bonds is 3. The van der Waals surface area contributed by atoms with E-state index in [1.807, 2.05) is 31.3 Å². The van der Waals surface area contributed by atoms with Crippen molar-refractivity contribution in [2.24, 2.45) is 5.73 Å². The molecule has 0 aliphatic carbocycles. The topological polar surface area (TPSA) is 77.7 Å². The first-order chi connectivity index (χ1) is 10.6. The number of benzene rings is 1. The number of nitrogens with zero attached hydrogens (tertiary/aromatic N) is 2. The van der Waals surface area contributed by atoms with Crippen molar-refractivity contribution in [2.75, 3.05) is 31.7 Å². The number of nitrogens with two attached hydrogens (primary N) is 1. The molecule has 0 saturated carbocycles. The summed E-state index contributed by atoms with van der Waals surface area (Å²) in [7, 11) is 1.63. The molecule has 1 aliphatic heterocycles. The molecule has 0 radical (unpaired) electrons. The Balaban J connectivity index is 2.09. The molecular weight excluding hydrogens is 282 g/mol. The van der Waals surface area contributed by atoms with E-state index in [0.29, 0.717) is 19.7 Å². The Labute approximate surface area is 128 Å². The van der Waals surface area contributed by atoms with Gasteiger partial charge in [-0.3, -0.25) is 9.78 Å². The van der Waals surface area contributed by atoms with E-state index < -0.39 is 12.0 Å². The minimum Gasteiger partial charge on any atom is -0.494 e. The average molecular weight is 301 g/mol. The molecule has 2 aromatic rings. The molecule has 6 nitrogen and oxygen atoms in total. The van der Waals surface area contributed by atoms with Gasteiger partial charge in [-0.1, -0.05) is 12.1 Å². The molecule has 1 aromatic carbocycles. The van der Waals surface area contributed by atoms with Crippen molar-refractivity contribution in [3.05, 3.63) is 30.0 Å². The van der Waals surface area contributed by atoms with Crippen LogP contribution in [0.4, 0.5) is 5.69 Å². The Kier molecular flexibility index (Phi) is 3.85. The molecule has 2 heterocycles. The summed E-state index contributed by atoms with van der Waals surface area (Å²) in [6.45, 7) is 3.64. The second-order valence-electron chi connectivity index (χ2n) is 5.35. The summed E-state index contributed by atoms with van der Waals surface area (Å²) in [6.07, 6.45) is 1.25.